The number of aryl methyl sites for hydroxylation is 2. The topological polar surface area (TPSA) is 67.7 Å². The Morgan fingerprint density at radius 1 is 1.18 bits per heavy atom. The number of hydrogen-bond donors (Lipinski definition) is 0. The summed E-state index contributed by atoms with van der Waals surface area (Å²) in [4.78, 5) is 36.4. The molecule has 1 saturated heterocycles. The highest BCUT2D eigenvalue weighted by atomic mass is 32.1. The minimum absolute atomic E-state index is 0.0246. The van der Waals surface area contributed by atoms with Crippen LogP contribution >= 0.6 is 11.3 Å². The molecule has 0 N–H and O–H groups in total. The minimum Gasteiger partial charge on any atom is -0.369 e. The van der Waals surface area contributed by atoms with Crippen LogP contribution in [0.15, 0.2) is 4.79 Å². The molecule has 2 aliphatic rings. The fourth-order valence-electron chi connectivity index (χ4n) is 4.04. The lowest BCUT2D eigenvalue weighted by molar-refractivity contribution is -0.137. The Morgan fingerprint density at radius 3 is 2.61 bits per heavy atom. The first-order valence-electron chi connectivity index (χ1n) is 10.1. The van der Waals surface area contributed by atoms with Gasteiger partial charge in [0.2, 0.25) is 11.9 Å². The van der Waals surface area contributed by atoms with Crippen molar-refractivity contribution in [2.45, 2.75) is 45.6 Å². The van der Waals surface area contributed by atoms with Gasteiger partial charge < -0.3 is 14.5 Å². The number of fused-ring (bicyclic) bond motifs is 3. The van der Waals surface area contributed by atoms with Crippen molar-refractivity contribution in [1.29, 1.82) is 0 Å². The second kappa shape index (κ2) is 7.83. The van der Waals surface area contributed by atoms with Crippen LogP contribution in [0.5, 0.6) is 0 Å². The number of anilines is 1. The fourth-order valence-corrected chi connectivity index (χ4v) is 5.29. The molecule has 8 heteroatoms. The first-order chi connectivity index (χ1) is 13.5. The second-order valence-corrected chi connectivity index (χ2v) is 8.98. The van der Waals surface area contributed by atoms with Gasteiger partial charge in [0, 0.05) is 38.1 Å². The lowest BCUT2D eigenvalue weighted by Crippen LogP contribution is -2.51. The van der Waals surface area contributed by atoms with Crippen molar-refractivity contribution < 1.29 is 9.53 Å². The van der Waals surface area contributed by atoms with E-state index in [1.807, 2.05) is 25.8 Å². The van der Waals surface area contributed by atoms with Crippen molar-refractivity contribution >= 4 is 33.4 Å². The summed E-state index contributed by atoms with van der Waals surface area (Å²) in [5, 5.41) is 0.825. The maximum atomic E-state index is 13.1. The molecule has 1 amide bonds. The predicted molar refractivity (Wildman–Crippen MR) is 111 cm³/mol. The summed E-state index contributed by atoms with van der Waals surface area (Å²) in [6.07, 6.45) is 4.45. The Kier molecular flexibility index (Phi) is 5.42. The first-order valence-corrected chi connectivity index (χ1v) is 10.9. The van der Waals surface area contributed by atoms with E-state index in [0.29, 0.717) is 32.1 Å². The zero-order valence-electron chi connectivity index (χ0n) is 16.9. The molecular weight excluding hydrogens is 376 g/mol. The zero-order chi connectivity index (χ0) is 19.8. The maximum Gasteiger partial charge on any atom is 0.263 e. The minimum atomic E-state index is 0.0246. The van der Waals surface area contributed by atoms with E-state index in [1.165, 1.54) is 16.9 Å². The Hall–Kier alpha value is -1.93. The molecule has 152 valence electrons. The van der Waals surface area contributed by atoms with Gasteiger partial charge in [-0.2, -0.15) is 0 Å². The van der Waals surface area contributed by atoms with Crippen molar-refractivity contribution in [3.8, 4) is 0 Å². The van der Waals surface area contributed by atoms with Crippen molar-refractivity contribution in [3.05, 3.63) is 20.8 Å². The zero-order valence-corrected chi connectivity index (χ0v) is 17.7. The molecular formula is C20H28N4O3S. The summed E-state index contributed by atoms with van der Waals surface area (Å²) >= 11 is 1.68. The van der Waals surface area contributed by atoms with Gasteiger partial charge in [-0.05, 0) is 45.1 Å². The van der Waals surface area contributed by atoms with Crippen LogP contribution in [0.4, 0.5) is 5.95 Å². The number of hydrogen-bond acceptors (Lipinski definition) is 6. The predicted octanol–water partition coefficient (Wildman–Crippen LogP) is 1.95. The molecule has 2 aromatic heterocycles. The number of aromatic nitrogens is 2. The fraction of sp³-hybridized carbons (Fsp3) is 0.650. The van der Waals surface area contributed by atoms with E-state index in [-0.39, 0.29) is 24.2 Å². The van der Waals surface area contributed by atoms with Crippen LogP contribution in [0.1, 0.15) is 37.1 Å². The van der Waals surface area contributed by atoms with Crippen LogP contribution in [-0.2, 0) is 29.4 Å². The van der Waals surface area contributed by atoms with E-state index < -0.39 is 0 Å². The Balaban J connectivity index is 1.53. The van der Waals surface area contributed by atoms with E-state index >= 15 is 0 Å². The van der Waals surface area contributed by atoms with E-state index in [4.69, 9.17) is 9.72 Å². The third-order valence-electron chi connectivity index (χ3n) is 5.63. The smallest absolute Gasteiger partial charge is 0.263 e. The number of carbonyl (C=O) groups is 1. The molecule has 0 aromatic carbocycles. The van der Waals surface area contributed by atoms with Crippen molar-refractivity contribution in [1.82, 2.24) is 14.5 Å². The van der Waals surface area contributed by atoms with Gasteiger partial charge in [-0.25, -0.2) is 4.98 Å². The third-order valence-corrected chi connectivity index (χ3v) is 6.81. The Bertz CT molecular complexity index is 941. The molecule has 1 fully saturated rings. The number of nitrogens with zero attached hydrogens (tertiary/aromatic N) is 4. The molecule has 0 saturated carbocycles. The van der Waals surface area contributed by atoms with Gasteiger partial charge in [-0.15, -0.1) is 11.3 Å². The summed E-state index contributed by atoms with van der Waals surface area (Å²) in [6, 6.07) is 0. The Morgan fingerprint density at radius 2 is 1.89 bits per heavy atom. The molecule has 1 aliphatic heterocycles. The molecule has 4 rings (SSSR count). The Labute approximate surface area is 168 Å². The van der Waals surface area contributed by atoms with Gasteiger partial charge in [-0.1, -0.05) is 0 Å². The number of ether oxygens (including phenoxy) is 1. The second-order valence-electron chi connectivity index (χ2n) is 7.89. The van der Waals surface area contributed by atoms with Gasteiger partial charge in [0.1, 0.15) is 11.4 Å². The summed E-state index contributed by atoms with van der Waals surface area (Å²) in [6.45, 7) is 6.56. The maximum absolute atomic E-state index is 13.1. The van der Waals surface area contributed by atoms with E-state index in [0.717, 1.165) is 29.5 Å². The van der Waals surface area contributed by atoms with Crippen LogP contribution < -0.4 is 10.5 Å². The van der Waals surface area contributed by atoms with Gasteiger partial charge in [-0.3, -0.25) is 14.2 Å². The van der Waals surface area contributed by atoms with E-state index in [9.17, 15) is 9.59 Å². The first kappa shape index (κ1) is 19.4. The highest BCUT2D eigenvalue weighted by Gasteiger charge is 2.26. The van der Waals surface area contributed by atoms with Gasteiger partial charge >= 0.3 is 0 Å². The molecule has 0 unspecified atom stereocenters. The molecule has 0 spiro atoms. The number of piperazine rings is 1. The number of rotatable bonds is 4. The van der Waals surface area contributed by atoms with Crippen LogP contribution in [0.3, 0.4) is 0 Å². The monoisotopic (exact) mass is 404 g/mol. The lowest BCUT2D eigenvalue weighted by atomic mass is 9.97. The molecule has 7 nitrogen and oxygen atoms in total. The quantitative estimate of drug-likeness (QED) is 0.779. The van der Waals surface area contributed by atoms with E-state index in [2.05, 4.69) is 4.90 Å². The largest absolute Gasteiger partial charge is 0.369 e. The van der Waals surface area contributed by atoms with Gasteiger partial charge in [0.25, 0.3) is 5.56 Å². The molecule has 1 aliphatic carbocycles. The average Bonchev–Trinajstić information content (AvgIpc) is 3.07. The third kappa shape index (κ3) is 3.55. The summed E-state index contributed by atoms with van der Waals surface area (Å²) in [7, 11) is 1.81. The standard InChI is InChI=1S/C20H28N4O3S/c1-13(2)27-12-16(25)23-8-10-24(11-9-23)20-21-18-17(19(26)22(20)3)14-6-4-5-7-15(14)28-18/h13H,4-12H2,1-3H3. The van der Waals surface area contributed by atoms with Crippen molar-refractivity contribution in [3.63, 3.8) is 0 Å². The average molecular weight is 405 g/mol. The molecule has 2 aromatic rings. The lowest BCUT2D eigenvalue weighted by Gasteiger charge is -2.35. The van der Waals surface area contributed by atoms with Crippen molar-refractivity contribution in [2.75, 3.05) is 37.7 Å². The highest BCUT2D eigenvalue weighted by Crippen LogP contribution is 2.34. The van der Waals surface area contributed by atoms with Crippen LogP contribution in [0, 0.1) is 0 Å². The molecule has 0 bridgehead atoms. The molecule has 28 heavy (non-hydrogen) atoms. The number of carbonyl (C=O) groups excluding carboxylic acids is 1. The molecule has 0 atom stereocenters. The van der Waals surface area contributed by atoms with Gasteiger partial charge in [0.15, 0.2) is 0 Å². The van der Waals surface area contributed by atoms with Crippen LogP contribution in [-0.4, -0.2) is 59.2 Å². The summed E-state index contributed by atoms with van der Waals surface area (Å²) in [5.41, 5.74) is 1.29. The molecule has 0 radical (unpaired) electrons. The van der Waals surface area contributed by atoms with Crippen LogP contribution in [0.2, 0.25) is 0 Å². The highest BCUT2D eigenvalue weighted by molar-refractivity contribution is 7.18. The van der Waals surface area contributed by atoms with Crippen LogP contribution in [0.25, 0.3) is 10.2 Å². The number of thiophene rings is 1. The molecule has 3 heterocycles. The summed E-state index contributed by atoms with van der Waals surface area (Å²) in [5.74, 6) is 0.734. The van der Waals surface area contributed by atoms with E-state index in [1.54, 1.807) is 15.9 Å². The summed E-state index contributed by atoms with van der Waals surface area (Å²) < 4.78 is 7.11. The van der Waals surface area contributed by atoms with Gasteiger partial charge in [0.05, 0.1) is 11.5 Å². The number of amides is 1. The van der Waals surface area contributed by atoms with Crippen molar-refractivity contribution in [2.24, 2.45) is 7.05 Å². The normalized spacial score (nSPS) is 17.4. The SMILES string of the molecule is CC(C)OCC(=O)N1CCN(c2nc3sc4c(c3c(=O)n2C)CCCC4)CC1.